The fourth-order valence-electron chi connectivity index (χ4n) is 3.29. The quantitative estimate of drug-likeness (QED) is 0.560. The van der Waals surface area contributed by atoms with E-state index in [1.165, 1.54) is 34.3 Å². The zero-order chi connectivity index (χ0) is 21.3. The summed E-state index contributed by atoms with van der Waals surface area (Å²) in [7, 11) is -2.30. The molecular weight excluding hydrogens is 430 g/mol. The fourth-order valence-corrected chi connectivity index (χ4v) is 5.46. The van der Waals surface area contributed by atoms with Gasteiger partial charge in [-0.05, 0) is 30.3 Å². The Kier molecular flexibility index (Phi) is 5.78. The number of fused-ring (bicyclic) bond motifs is 1. The van der Waals surface area contributed by atoms with E-state index in [1.807, 2.05) is 0 Å². The molecule has 160 valence electrons. The summed E-state index contributed by atoms with van der Waals surface area (Å²) in [5.41, 5.74) is 0.541. The minimum absolute atomic E-state index is 0.0800. The minimum Gasteiger partial charge on any atom is -0.468 e. The molecule has 1 amide bonds. The summed E-state index contributed by atoms with van der Waals surface area (Å²) in [6.07, 6.45) is 1.49. The smallest absolute Gasteiger partial charge is 0.308 e. The molecule has 3 heterocycles. The van der Waals surface area contributed by atoms with Crippen molar-refractivity contribution in [2.75, 3.05) is 33.4 Å². The normalized spacial score (nSPS) is 15.2. The topological polar surface area (TPSA) is 102 Å². The molecule has 0 unspecified atom stereocenters. The first-order chi connectivity index (χ1) is 14.4. The van der Waals surface area contributed by atoms with Gasteiger partial charge in [0.2, 0.25) is 15.9 Å². The molecule has 2 aromatic heterocycles. The third kappa shape index (κ3) is 4.06. The lowest BCUT2D eigenvalue weighted by Crippen LogP contribution is -2.43. The van der Waals surface area contributed by atoms with Crippen molar-refractivity contribution < 1.29 is 22.4 Å². The number of benzene rings is 1. The van der Waals surface area contributed by atoms with Gasteiger partial charge in [-0.3, -0.25) is 14.2 Å². The van der Waals surface area contributed by atoms with E-state index in [1.54, 1.807) is 23.1 Å². The van der Waals surface area contributed by atoms with Crippen molar-refractivity contribution in [2.45, 2.75) is 18.0 Å². The Labute approximate surface area is 177 Å². The number of furan rings is 1. The Balaban J connectivity index is 1.59. The highest BCUT2D eigenvalue weighted by Crippen LogP contribution is 2.24. The minimum atomic E-state index is -3.77. The highest BCUT2D eigenvalue weighted by molar-refractivity contribution is 7.89. The van der Waals surface area contributed by atoms with Gasteiger partial charge in [0.25, 0.3) is 0 Å². The molecule has 1 saturated heterocycles. The van der Waals surface area contributed by atoms with Crippen LogP contribution in [0.3, 0.4) is 0 Å². The summed E-state index contributed by atoms with van der Waals surface area (Å²) in [4.78, 5) is 26.5. The van der Waals surface area contributed by atoms with Crippen LogP contribution >= 0.6 is 11.3 Å². The van der Waals surface area contributed by atoms with Gasteiger partial charge in [0, 0.05) is 20.1 Å². The molecule has 1 aliphatic heterocycles. The van der Waals surface area contributed by atoms with E-state index in [2.05, 4.69) is 0 Å². The van der Waals surface area contributed by atoms with E-state index >= 15 is 0 Å². The van der Waals surface area contributed by atoms with Crippen LogP contribution < -0.4 is 4.87 Å². The molecule has 0 N–H and O–H groups in total. The number of carbonyl (C=O) groups excluding carboxylic acids is 1. The number of carbonyl (C=O) groups is 1. The van der Waals surface area contributed by atoms with E-state index in [0.29, 0.717) is 42.3 Å². The van der Waals surface area contributed by atoms with Crippen LogP contribution in [0, 0.1) is 0 Å². The van der Waals surface area contributed by atoms with Crippen LogP contribution in [-0.4, -0.2) is 61.4 Å². The third-order valence-electron chi connectivity index (χ3n) is 4.96. The molecule has 4 rings (SSSR count). The van der Waals surface area contributed by atoms with Crippen molar-refractivity contribution in [3.8, 4) is 0 Å². The molecule has 11 heteroatoms. The molecular formula is C19H21N3O6S2. The molecule has 1 aliphatic rings. The lowest BCUT2D eigenvalue weighted by molar-refractivity contribution is -0.135. The molecule has 0 saturated carbocycles. The monoisotopic (exact) mass is 451 g/mol. The SMILES string of the molecule is CN(Cc1ccco1)S(=O)(=O)c1ccc2c(c1)sc(=O)n2CC(=O)N1CCOCC1. The fraction of sp³-hybridized carbons (Fsp3) is 0.368. The number of aromatic nitrogens is 1. The zero-order valence-electron chi connectivity index (χ0n) is 16.3. The maximum atomic E-state index is 12.9. The Bertz CT molecular complexity index is 1210. The average Bonchev–Trinajstić information content (AvgIpc) is 3.36. The van der Waals surface area contributed by atoms with E-state index in [9.17, 15) is 18.0 Å². The highest BCUT2D eigenvalue weighted by Gasteiger charge is 2.24. The molecule has 1 aromatic carbocycles. The Morgan fingerprint density at radius 2 is 2.00 bits per heavy atom. The number of thiazole rings is 1. The average molecular weight is 452 g/mol. The van der Waals surface area contributed by atoms with Crippen LogP contribution in [0.25, 0.3) is 10.2 Å². The predicted octanol–water partition coefficient (Wildman–Crippen LogP) is 1.34. The van der Waals surface area contributed by atoms with Crippen molar-refractivity contribution in [3.05, 3.63) is 52.0 Å². The Hall–Kier alpha value is -2.47. The van der Waals surface area contributed by atoms with Crippen LogP contribution in [0.1, 0.15) is 5.76 Å². The summed E-state index contributed by atoms with van der Waals surface area (Å²) in [5, 5.41) is 0. The third-order valence-corrected chi connectivity index (χ3v) is 7.70. The zero-order valence-corrected chi connectivity index (χ0v) is 17.9. The number of nitrogens with zero attached hydrogens (tertiary/aromatic N) is 3. The second-order valence-electron chi connectivity index (χ2n) is 6.92. The molecule has 3 aromatic rings. The van der Waals surface area contributed by atoms with Crippen molar-refractivity contribution in [2.24, 2.45) is 0 Å². The molecule has 0 bridgehead atoms. The van der Waals surface area contributed by atoms with Crippen molar-refractivity contribution >= 4 is 37.5 Å². The van der Waals surface area contributed by atoms with Gasteiger partial charge in [0.05, 0.1) is 41.1 Å². The maximum absolute atomic E-state index is 12.9. The van der Waals surface area contributed by atoms with Crippen LogP contribution in [0.4, 0.5) is 0 Å². The largest absolute Gasteiger partial charge is 0.468 e. The summed E-state index contributed by atoms with van der Waals surface area (Å²) >= 11 is 0.925. The van der Waals surface area contributed by atoms with Crippen LogP contribution in [0.5, 0.6) is 0 Å². The molecule has 0 atom stereocenters. The van der Waals surface area contributed by atoms with Gasteiger partial charge in [-0.25, -0.2) is 8.42 Å². The first kappa shape index (κ1) is 20.8. The molecule has 0 radical (unpaired) electrons. The Morgan fingerprint density at radius 3 is 2.70 bits per heavy atom. The van der Waals surface area contributed by atoms with Crippen LogP contribution in [0.2, 0.25) is 0 Å². The van der Waals surface area contributed by atoms with E-state index < -0.39 is 10.0 Å². The van der Waals surface area contributed by atoms with Gasteiger partial charge in [-0.15, -0.1) is 0 Å². The second-order valence-corrected chi connectivity index (χ2v) is 9.96. The van der Waals surface area contributed by atoms with E-state index in [0.717, 1.165) is 11.3 Å². The van der Waals surface area contributed by atoms with Gasteiger partial charge in [0.15, 0.2) is 0 Å². The van der Waals surface area contributed by atoms with Crippen LogP contribution in [-0.2, 0) is 32.6 Å². The summed E-state index contributed by atoms with van der Waals surface area (Å²) < 4.78 is 39.4. The molecule has 0 aliphatic carbocycles. The van der Waals surface area contributed by atoms with Crippen molar-refractivity contribution in [1.82, 2.24) is 13.8 Å². The van der Waals surface area contributed by atoms with Gasteiger partial charge in [0.1, 0.15) is 12.3 Å². The maximum Gasteiger partial charge on any atom is 0.308 e. The van der Waals surface area contributed by atoms with Gasteiger partial charge < -0.3 is 14.1 Å². The molecule has 9 nitrogen and oxygen atoms in total. The number of sulfonamides is 1. The summed E-state index contributed by atoms with van der Waals surface area (Å²) in [6.45, 7) is 1.98. The number of ether oxygens (including phenoxy) is 1. The number of hydrogen-bond acceptors (Lipinski definition) is 7. The number of morpholine rings is 1. The standard InChI is InChI=1S/C19H21N3O6S2/c1-20(12-14-3-2-8-28-14)30(25,26)15-4-5-16-17(11-15)29-19(24)22(16)13-18(23)21-6-9-27-10-7-21/h2-5,8,11H,6-7,9-10,12-13H2,1H3. The first-order valence-electron chi connectivity index (χ1n) is 9.34. The summed E-state index contributed by atoms with van der Waals surface area (Å²) in [6, 6.07) is 7.91. The van der Waals surface area contributed by atoms with E-state index in [-0.39, 0.29) is 28.8 Å². The van der Waals surface area contributed by atoms with Gasteiger partial charge in [-0.1, -0.05) is 11.3 Å². The van der Waals surface area contributed by atoms with Crippen molar-refractivity contribution in [3.63, 3.8) is 0 Å². The highest BCUT2D eigenvalue weighted by atomic mass is 32.2. The van der Waals surface area contributed by atoms with Crippen molar-refractivity contribution in [1.29, 1.82) is 0 Å². The molecule has 1 fully saturated rings. The number of rotatable bonds is 6. The summed E-state index contributed by atoms with van der Waals surface area (Å²) in [5.74, 6) is 0.370. The second kappa shape index (κ2) is 8.34. The lowest BCUT2D eigenvalue weighted by atomic mass is 10.3. The van der Waals surface area contributed by atoms with Gasteiger partial charge in [-0.2, -0.15) is 4.31 Å². The first-order valence-corrected chi connectivity index (χ1v) is 11.6. The Morgan fingerprint density at radius 1 is 1.23 bits per heavy atom. The molecule has 30 heavy (non-hydrogen) atoms. The van der Waals surface area contributed by atoms with Gasteiger partial charge >= 0.3 is 4.87 Å². The number of amides is 1. The van der Waals surface area contributed by atoms with E-state index in [4.69, 9.17) is 9.15 Å². The predicted molar refractivity (Wildman–Crippen MR) is 111 cm³/mol. The lowest BCUT2D eigenvalue weighted by Gasteiger charge is -2.26. The van der Waals surface area contributed by atoms with Crippen LogP contribution in [0.15, 0.2) is 50.7 Å². The number of hydrogen-bond donors (Lipinski definition) is 0. The molecule has 0 spiro atoms.